The zero-order chi connectivity index (χ0) is 0. The topological polar surface area (TPSA) is 0 Å². The van der Waals surface area contributed by atoms with Gasteiger partial charge in [-0.2, -0.15) is 0 Å². The predicted octanol–water partition coefficient (Wildman–Crippen LogP) is -0.388. The zero-order valence-electron chi connectivity index (χ0n) is 1.53. The summed E-state index contributed by atoms with van der Waals surface area (Å²) in [5.41, 5.74) is 0. The first kappa shape index (κ1) is 30.2. The summed E-state index contributed by atoms with van der Waals surface area (Å²) in [6.45, 7) is 0. The van der Waals surface area contributed by atoms with Crippen LogP contribution in [0.15, 0.2) is 0 Å². The fourth-order valence-electron chi connectivity index (χ4n) is 0. The van der Waals surface area contributed by atoms with E-state index in [1.807, 2.05) is 0 Å². The Balaban J connectivity index is 0. The van der Waals surface area contributed by atoms with E-state index in [-0.39, 0.29) is 82.2 Å². The van der Waals surface area contributed by atoms with Crippen molar-refractivity contribution in [3.05, 3.63) is 0 Å². The SMILES string of the molecule is [Co].[Pt].[Re].[Sn]. The zero-order valence-corrected chi connectivity index (χ0v) is 10.4. The molecule has 0 aromatic carbocycles. The standard InChI is InChI=1S/Co.Pt.Re.Sn. The molecule has 0 aromatic heterocycles. The smallest absolute Gasteiger partial charge is 0 e. The minimum atomic E-state index is 0. The van der Waals surface area contributed by atoms with Crippen LogP contribution >= 0.6 is 0 Å². The summed E-state index contributed by atoms with van der Waals surface area (Å²) in [4.78, 5) is 0. The second-order valence-electron chi connectivity index (χ2n) is 0. The van der Waals surface area contributed by atoms with Crippen LogP contribution in [0.2, 0.25) is 0 Å². The van der Waals surface area contributed by atoms with E-state index < -0.39 is 0 Å². The first-order valence-corrected chi connectivity index (χ1v) is 0. The van der Waals surface area contributed by atoms with Crippen LogP contribution < -0.4 is 0 Å². The molecule has 0 aliphatic carbocycles. The van der Waals surface area contributed by atoms with Crippen molar-refractivity contribution in [2.45, 2.75) is 0 Å². The van der Waals surface area contributed by atoms with Crippen LogP contribution in [0.1, 0.15) is 0 Å². The second kappa shape index (κ2) is 17.4. The van der Waals surface area contributed by atoms with Crippen molar-refractivity contribution in [2.24, 2.45) is 0 Å². The normalized spacial score (nSPS) is 0. The van der Waals surface area contributed by atoms with Gasteiger partial charge in [0.2, 0.25) is 0 Å². The van der Waals surface area contributed by atoms with E-state index in [2.05, 4.69) is 0 Å². The van der Waals surface area contributed by atoms with Crippen molar-refractivity contribution < 1.29 is 58.3 Å². The van der Waals surface area contributed by atoms with Gasteiger partial charge in [-0.1, -0.05) is 0 Å². The van der Waals surface area contributed by atoms with Crippen molar-refractivity contribution in [1.82, 2.24) is 0 Å². The Hall–Kier alpha value is 2.66. The molecule has 0 aliphatic heterocycles. The molecule has 0 unspecified atom stereocenters. The fourth-order valence-corrected chi connectivity index (χ4v) is 0. The molecule has 0 amide bonds. The summed E-state index contributed by atoms with van der Waals surface area (Å²) in [5.74, 6) is 0. The van der Waals surface area contributed by atoms with E-state index in [9.17, 15) is 0 Å². The molecular weight excluding hydrogens is 559 g/mol. The third kappa shape index (κ3) is 8.82. The van der Waals surface area contributed by atoms with Gasteiger partial charge in [-0.25, -0.2) is 0 Å². The van der Waals surface area contributed by atoms with Crippen LogP contribution in [-0.2, 0) is 58.3 Å². The van der Waals surface area contributed by atoms with Gasteiger partial charge in [0.1, 0.15) is 0 Å². The molecule has 0 atom stereocenters. The number of rotatable bonds is 0. The number of hydrogen-bond donors (Lipinski definition) is 0. The molecule has 0 saturated carbocycles. The van der Waals surface area contributed by atoms with Gasteiger partial charge < -0.3 is 0 Å². The summed E-state index contributed by atoms with van der Waals surface area (Å²) in [5, 5.41) is 0. The van der Waals surface area contributed by atoms with Crippen LogP contribution in [0.5, 0.6) is 0 Å². The minimum Gasteiger partial charge on any atom is 0 e. The van der Waals surface area contributed by atoms with E-state index >= 15 is 0 Å². The van der Waals surface area contributed by atoms with Crippen LogP contribution in [0, 0.1) is 0 Å². The average molecular weight is 559 g/mol. The van der Waals surface area contributed by atoms with Gasteiger partial charge in [0, 0.05) is 82.2 Å². The maximum absolute atomic E-state index is 0. The molecule has 30 valence electrons. The Labute approximate surface area is 80.9 Å². The average Bonchev–Trinajstić information content (AvgIpc) is 0. The quantitative estimate of drug-likeness (QED) is 0.356. The van der Waals surface area contributed by atoms with Gasteiger partial charge in [-0.3, -0.25) is 0 Å². The molecule has 0 nitrogen and oxygen atoms in total. The van der Waals surface area contributed by atoms with E-state index in [0.717, 1.165) is 0 Å². The minimum absolute atomic E-state index is 0. The Bertz CT molecular complexity index is 8.00. The first-order valence-electron chi connectivity index (χ1n) is 0. The van der Waals surface area contributed by atoms with Crippen molar-refractivity contribution in [2.75, 3.05) is 0 Å². The molecule has 0 aliphatic rings. The molecule has 0 N–H and O–H groups in total. The van der Waals surface area contributed by atoms with Crippen LogP contribution in [-0.4, -0.2) is 23.9 Å². The van der Waals surface area contributed by atoms with Gasteiger partial charge in [0.15, 0.2) is 0 Å². The molecule has 4 heteroatoms. The molecule has 0 rings (SSSR count). The molecule has 4 heavy (non-hydrogen) atoms. The molecular formula is CoPtReSn. The van der Waals surface area contributed by atoms with Gasteiger partial charge in [0.25, 0.3) is 0 Å². The Morgan fingerprint density at radius 1 is 1.00 bits per heavy atom. The summed E-state index contributed by atoms with van der Waals surface area (Å²) in [6, 6.07) is 0. The first-order chi connectivity index (χ1) is 0. The van der Waals surface area contributed by atoms with Crippen molar-refractivity contribution >= 4 is 23.9 Å². The maximum Gasteiger partial charge on any atom is 0 e. The Kier molecular flexibility index (Phi) is 131. The van der Waals surface area contributed by atoms with E-state index in [4.69, 9.17) is 0 Å². The van der Waals surface area contributed by atoms with E-state index in [1.54, 1.807) is 0 Å². The molecule has 0 bridgehead atoms. The maximum atomic E-state index is 0. The molecule has 0 spiro atoms. The summed E-state index contributed by atoms with van der Waals surface area (Å²) in [6.07, 6.45) is 0. The Morgan fingerprint density at radius 2 is 1.00 bits per heavy atom. The van der Waals surface area contributed by atoms with Crippen molar-refractivity contribution in [3.63, 3.8) is 0 Å². The molecule has 0 saturated heterocycles. The van der Waals surface area contributed by atoms with E-state index in [0.29, 0.717) is 0 Å². The largest absolute Gasteiger partial charge is 0 e. The van der Waals surface area contributed by atoms with Gasteiger partial charge in [-0.05, 0) is 0 Å². The third-order valence-electron chi connectivity index (χ3n) is 0. The predicted molar refractivity (Wildman–Crippen MR) is 5.75 cm³/mol. The summed E-state index contributed by atoms with van der Waals surface area (Å²) < 4.78 is 0. The van der Waals surface area contributed by atoms with Gasteiger partial charge in [0.05, 0.1) is 0 Å². The Morgan fingerprint density at radius 3 is 1.00 bits per heavy atom. The fraction of sp³-hybridized carbons (Fsp3) is 0. The summed E-state index contributed by atoms with van der Waals surface area (Å²) >= 11 is 0. The number of hydrogen-bond acceptors (Lipinski definition) is 0. The van der Waals surface area contributed by atoms with Gasteiger partial charge in [-0.15, -0.1) is 0 Å². The summed E-state index contributed by atoms with van der Waals surface area (Å²) in [7, 11) is 0. The molecule has 0 heterocycles. The molecule has 0 fully saturated rings. The van der Waals surface area contributed by atoms with Crippen LogP contribution in [0.3, 0.4) is 0 Å². The molecule has 0 aromatic rings. The monoisotopic (exact) mass is 561 g/mol. The van der Waals surface area contributed by atoms with E-state index in [1.165, 1.54) is 0 Å². The van der Waals surface area contributed by atoms with Crippen LogP contribution in [0.4, 0.5) is 0 Å². The third-order valence-corrected chi connectivity index (χ3v) is 0. The van der Waals surface area contributed by atoms with Crippen LogP contribution in [0.25, 0.3) is 0 Å². The second-order valence-corrected chi connectivity index (χ2v) is 0. The van der Waals surface area contributed by atoms with Crippen molar-refractivity contribution in [1.29, 1.82) is 0 Å². The molecule has 6 radical (unpaired) electrons. The van der Waals surface area contributed by atoms with Crippen molar-refractivity contribution in [3.8, 4) is 0 Å². The van der Waals surface area contributed by atoms with Gasteiger partial charge >= 0.3 is 0 Å².